The lowest BCUT2D eigenvalue weighted by Gasteiger charge is -2.32. The largest absolute Gasteiger partial charge is 0.496 e. The van der Waals surface area contributed by atoms with E-state index in [4.69, 9.17) is 28.8 Å². The molecule has 6 heterocycles. The first-order valence-corrected chi connectivity index (χ1v) is 22.8. The summed E-state index contributed by atoms with van der Waals surface area (Å²) in [4.78, 5) is 26.1. The quantitative estimate of drug-likeness (QED) is 0.132. The molecule has 10 rings (SSSR count). The van der Waals surface area contributed by atoms with Crippen molar-refractivity contribution in [1.29, 1.82) is 0 Å². The first-order chi connectivity index (χ1) is 31.5. The Bertz CT molecular complexity index is 2870. The van der Waals surface area contributed by atoms with Crippen LogP contribution in [-0.2, 0) is 22.6 Å². The summed E-state index contributed by atoms with van der Waals surface area (Å²) < 4.78 is 29.3. The third-order valence-electron chi connectivity index (χ3n) is 12.7. The van der Waals surface area contributed by atoms with Gasteiger partial charge >= 0.3 is 5.97 Å². The number of hydrogen-bond donors (Lipinski definition) is 1. The van der Waals surface area contributed by atoms with E-state index >= 15 is 0 Å². The van der Waals surface area contributed by atoms with E-state index in [0.717, 1.165) is 148 Å². The third kappa shape index (κ3) is 10.2. The zero-order valence-corrected chi connectivity index (χ0v) is 38.1. The molecule has 0 unspecified atom stereocenters. The summed E-state index contributed by atoms with van der Waals surface area (Å²) in [5.74, 6) is 3.69. The lowest BCUT2D eigenvalue weighted by Crippen LogP contribution is -2.39. The second-order valence-electron chi connectivity index (χ2n) is 18.6. The highest BCUT2D eigenvalue weighted by Gasteiger charge is 2.26. The van der Waals surface area contributed by atoms with Crippen molar-refractivity contribution in [3.05, 3.63) is 121 Å². The lowest BCUT2D eigenvalue weighted by atomic mass is 9.93. The molecule has 4 aromatic heterocycles. The highest BCUT2D eigenvalue weighted by molar-refractivity contribution is 5.99. The number of para-hydroxylation sites is 2. The van der Waals surface area contributed by atoms with Crippen LogP contribution in [0.25, 0.3) is 66.1 Å². The van der Waals surface area contributed by atoms with E-state index in [2.05, 4.69) is 68.3 Å². The smallest absolute Gasteiger partial charge is 0.306 e. The zero-order valence-electron chi connectivity index (χ0n) is 38.1. The highest BCUT2D eigenvalue weighted by atomic mass is 16.6. The number of piperidine rings is 2. The molecule has 0 amide bonds. The maximum absolute atomic E-state index is 12.2. The molecule has 11 nitrogen and oxygen atoms in total. The molecule has 2 N–H and O–H groups in total. The normalized spacial score (nSPS) is 15.7. The second-order valence-corrected chi connectivity index (χ2v) is 18.6. The van der Waals surface area contributed by atoms with E-state index in [0.29, 0.717) is 18.4 Å². The van der Waals surface area contributed by atoms with Crippen molar-refractivity contribution < 1.29 is 27.8 Å². The molecule has 11 heteroatoms. The Kier molecular flexibility index (Phi) is 12.9. The van der Waals surface area contributed by atoms with E-state index < -0.39 is 5.60 Å². The molecule has 2 aliphatic heterocycles. The molecular weight excluding hydrogens is 815 g/mol. The Morgan fingerprint density at radius 3 is 1.55 bits per heavy atom. The van der Waals surface area contributed by atoms with Crippen LogP contribution in [0.2, 0.25) is 0 Å². The summed E-state index contributed by atoms with van der Waals surface area (Å²) in [7, 11) is 3.45. The Labute approximate surface area is 380 Å². The van der Waals surface area contributed by atoms with Gasteiger partial charge in [0, 0.05) is 94.1 Å². The summed E-state index contributed by atoms with van der Waals surface area (Å²) in [5, 5.41) is 6.46. The van der Waals surface area contributed by atoms with Crippen LogP contribution in [0, 0.1) is 5.92 Å². The van der Waals surface area contributed by atoms with Crippen molar-refractivity contribution >= 4 is 49.5 Å². The number of pyridine rings is 2. The number of nitrogens with two attached hydrogens (primary N) is 1. The number of fused-ring (bicyclic) bond motifs is 4. The molecule has 65 heavy (non-hydrogen) atoms. The fourth-order valence-electron chi connectivity index (χ4n) is 9.29. The molecule has 0 spiro atoms. The van der Waals surface area contributed by atoms with Crippen LogP contribution in [0.1, 0.15) is 64.0 Å². The Hall–Kier alpha value is -6.27. The summed E-state index contributed by atoms with van der Waals surface area (Å²) in [6.07, 6.45) is 12.1. The van der Waals surface area contributed by atoms with Gasteiger partial charge in [0.1, 0.15) is 39.8 Å². The van der Waals surface area contributed by atoms with Crippen LogP contribution < -0.4 is 15.2 Å². The predicted molar refractivity (Wildman–Crippen MR) is 258 cm³/mol. The average Bonchev–Trinajstić information content (AvgIpc) is 3.94. The molecule has 2 aliphatic rings. The minimum Gasteiger partial charge on any atom is -0.496 e. The lowest BCUT2D eigenvalue weighted by molar-refractivity contribution is -0.156. The molecule has 2 saturated heterocycles. The van der Waals surface area contributed by atoms with Gasteiger partial charge in [-0.1, -0.05) is 36.4 Å². The van der Waals surface area contributed by atoms with Crippen molar-refractivity contribution in [3.8, 4) is 34.1 Å². The van der Waals surface area contributed by atoms with Crippen LogP contribution in [0.3, 0.4) is 0 Å². The SMILES string of the molecule is COc1cc2cncc(-c3cc4ccccc4o3)c2cc1CN1CCC(CC(=O)OC(C)(C)C)CC1.COc1cc2cncc(-c3cc4ccccc4o3)c2cc1CN1CCC(N)CC1. The summed E-state index contributed by atoms with van der Waals surface area (Å²) in [6, 6.07) is 29.2. The topological polar surface area (TPSA) is 129 Å². The van der Waals surface area contributed by atoms with Crippen LogP contribution >= 0.6 is 0 Å². The number of ether oxygens (including phenoxy) is 3. The number of hydrogen-bond acceptors (Lipinski definition) is 11. The van der Waals surface area contributed by atoms with Crippen molar-refractivity contribution in [2.45, 2.75) is 77.6 Å². The van der Waals surface area contributed by atoms with E-state index in [9.17, 15) is 4.79 Å². The molecule has 0 radical (unpaired) electrons. The summed E-state index contributed by atoms with van der Waals surface area (Å²) >= 11 is 0. The van der Waals surface area contributed by atoms with Gasteiger partial charge in [-0.3, -0.25) is 24.6 Å². The van der Waals surface area contributed by atoms with Crippen LogP contribution in [-0.4, -0.2) is 77.8 Å². The van der Waals surface area contributed by atoms with Crippen molar-refractivity contribution in [2.24, 2.45) is 11.7 Å². The van der Waals surface area contributed by atoms with Gasteiger partial charge in [0.15, 0.2) is 0 Å². The van der Waals surface area contributed by atoms with Crippen molar-refractivity contribution in [2.75, 3.05) is 40.4 Å². The number of nitrogens with zero attached hydrogens (tertiary/aromatic N) is 4. The molecule has 0 saturated carbocycles. The van der Waals surface area contributed by atoms with Gasteiger partial charge in [-0.05, 0) is 138 Å². The monoisotopic (exact) mass is 873 g/mol. The number of carbonyl (C=O) groups is 1. The number of furan rings is 2. The Morgan fingerprint density at radius 2 is 1.11 bits per heavy atom. The molecule has 0 bridgehead atoms. The first-order valence-electron chi connectivity index (χ1n) is 22.8. The van der Waals surface area contributed by atoms with E-state index in [1.807, 2.05) is 82.0 Å². The predicted octanol–water partition coefficient (Wildman–Crippen LogP) is 11.2. The van der Waals surface area contributed by atoms with Gasteiger partial charge < -0.3 is 28.8 Å². The van der Waals surface area contributed by atoms with E-state index in [1.165, 1.54) is 5.56 Å². The Balaban J connectivity index is 0.000000168. The van der Waals surface area contributed by atoms with Crippen LogP contribution in [0.5, 0.6) is 11.5 Å². The maximum Gasteiger partial charge on any atom is 0.306 e. The summed E-state index contributed by atoms with van der Waals surface area (Å²) in [5.41, 5.74) is 11.7. The molecule has 336 valence electrons. The van der Waals surface area contributed by atoms with Gasteiger partial charge in [0.05, 0.1) is 14.2 Å². The molecular formula is C54H59N5O6. The minimum absolute atomic E-state index is 0.0936. The van der Waals surface area contributed by atoms with Crippen molar-refractivity contribution in [3.63, 3.8) is 0 Å². The number of aromatic nitrogens is 2. The Morgan fingerprint density at radius 1 is 0.646 bits per heavy atom. The van der Waals surface area contributed by atoms with Gasteiger partial charge in [-0.2, -0.15) is 0 Å². The van der Waals surface area contributed by atoms with Gasteiger partial charge in [0.25, 0.3) is 0 Å². The number of rotatable bonds is 10. The van der Waals surface area contributed by atoms with Crippen LogP contribution in [0.15, 0.2) is 119 Å². The molecule has 0 aliphatic carbocycles. The molecule has 0 atom stereocenters. The number of carbonyl (C=O) groups excluding carboxylic acids is 1. The molecule has 2 fully saturated rings. The van der Waals surface area contributed by atoms with Crippen LogP contribution in [0.4, 0.5) is 0 Å². The maximum atomic E-state index is 12.2. The minimum atomic E-state index is -0.429. The highest BCUT2D eigenvalue weighted by Crippen LogP contribution is 2.38. The fourth-order valence-corrected chi connectivity index (χ4v) is 9.29. The molecule has 4 aromatic carbocycles. The third-order valence-corrected chi connectivity index (χ3v) is 12.7. The van der Waals surface area contributed by atoms with E-state index in [1.54, 1.807) is 14.2 Å². The first kappa shape index (κ1) is 44.0. The summed E-state index contributed by atoms with van der Waals surface area (Å²) in [6.45, 7) is 11.3. The van der Waals surface area contributed by atoms with Crippen molar-refractivity contribution in [1.82, 2.24) is 19.8 Å². The van der Waals surface area contributed by atoms with Gasteiger partial charge in [0.2, 0.25) is 0 Å². The zero-order chi connectivity index (χ0) is 45.1. The van der Waals surface area contributed by atoms with Gasteiger partial charge in [-0.15, -0.1) is 0 Å². The number of likely N-dealkylation sites (tertiary alicyclic amines) is 2. The fraction of sp³-hybridized carbons (Fsp3) is 0.352. The molecule has 8 aromatic rings. The number of methoxy groups -OCH3 is 2. The second kappa shape index (κ2) is 19.1. The number of esters is 1. The van der Waals surface area contributed by atoms with Gasteiger partial charge in [-0.25, -0.2) is 0 Å². The number of benzene rings is 4. The van der Waals surface area contributed by atoms with E-state index in [-0.39, 0.29) is 5.97 Å². The average molecular weight is 874 g/mol. The standard InChI is InChI=1S/C30H34N2O4.C24H25N3O2/c1-30(2,3)36-29(33)13-20-9-11-32(12-10-20)19-23-14-24-22(16-27(23)34-4)17-31-18-25(24)28-15-21-7-5-6-8-26(21)35-28;1-28-23-12-17-13-26-14-21(24-11-16-4-2-3-5-22(16)29-24)20(17)10-18(23)15-27-8-6-19(25)7-9-27/h5-8,14-18,20H,9-13,19H2,1-4H3;2-5,10-14,19H,6-9,15,25H2,1H3.